The Morgan fingerprint density at radius 3 is 2.30 bits per heavy atom. The van der Waals surface area contributed by atoms with Crippen LogP contribution in [0.1, 0.15) is 43.1 Å². The van der Waals surface area contributed by atoms with E-state index in [1.165, 1.54) is 12.1 Å². The number of carboxylic acid groups (broad SMARTS) is 1. The minimum absolute atomic E-state index is 0.0113. The zero-order chi connectivity index (χ0) is 20.8. The van der Waals surface area contributed by atoms with E-state index >= 15 is 0 Å². The van der Waals surface area contributed by atoms with Gasteiger partial charge in [0, 0.05) is 11.8 Å². The number of benzene rings is 1. The van der Waals surface area contributed by atoms with Gasteiger partial charge in [-0.1, -0.05) is 26.8 Å². The van der Waals surface area contributed by atoms with Gasteiger partial charge in [0.05, 0.1) is 11.4 Å². The van der Waals surface area contributed by atoms with Crippen molar-refractivity contribution in [2.24, 2.45) is 5.92 Å². The van der Waals surface area contributed by atoms with E-state index in [0.717, 1.165) is 6.26 Å². The molecule has 150 valence electrons. The molecule has 27 heavy (non-hydrogen) atoms. The van der Waals surface area contributed by atoms with Crippen molar-refractivity contribution in [3.05, 3.63) is 29.3 Å². The lowest BCUT2D eigenvalue weighted by Crippen LogP contribution is -2.46. The number of nitrogens with one attached hydrogen (secondary N) is 2. The van der Waals surface area contributed by atoms with E-state index in [1.807, 2.05) is 20.8 Å². The maximum Gasteiger partial charge on any atom is 0.326 e. The Hall–Kier alpha value is -2.42. The Kier molecular flexibility index (Phi) is 7.96. The Labute approximate surface area is 159 Å². The summed E-state index contributed by atoms with van der Waals surface area (Å²) in [5, 5.41) is 13.9. The molecule has 1 rings (SSSR count). The lowest BCUT2D eigenvalue weighted by Gasteiger charge is -2.17. The fourth-order valence-electron chi connectivity index (χ4n) is 2.50. The van der Waals surface area contributed by atoms with Gasteiger partial charge in [-0.15, -0.1) is 0 Å². The summed E-state index contributed by atoms with van der Waals surface area (Å²) >= 11 is 0. The number of aryl methyl sites for hydroxylation is 1. The van der Waals surface area contributed by atoms with Gasteiger partial charge in [0.1, 0.15) is 6.04 Å². The number of carbonyl (C=O) groups excluding carboxylic acids is 2. The molecule has 0 aromatic heterocycles. The molecule has 0 radical (unpaired) electrons. The fraction of sp³-hybridized carbons (Fsp3) is 0.500. The van der Waals surface area contributed by atoms with E-state index < -0.39 is 40.2 Å². The molecule has 0 saturated heterocycles. The Morgan fingerprint density at radius 2 is 1.81 bits per heavy atom. The van der Waals surface area contributed by atoms with Crippen LogP contribution < -0.4 is 10.6 Å². The molecule has 0 fully saturated rings. The van der Waals surface area contributed by atoms with Gasteiger partial charge in [0.2, 0.25) is 5.91 Å². The second kappa shape index (κ2) is 9.50. The van der Waals surface area contributed by atoms with Crippen molar-refractivity contribution < 1.29 is 27.9 Å². The fourth-order valence-corrected chi connectivity index (χ4v) is 3.15. The van der Waals surface area contributed by atoms with E-state index in [9.17, 15) is 22.8 Å². The number of hydrogen-bond donors (Lipinski definition) is 3. The standard InChI is InChI=1S/C18H26N2O6S/c1-5-12-6-7-13(27(4,25)26)9-14(12)17(22)19-10-16(21)20-15(18(23)24)8-11(2)3/h6-7,9,11,15H,5,8,10H2,1-4H3,(H,19,22)(H,20,21)(H,23,24)/t15-/m0/s1. The summed E-state index contributed by atoms with van der Waals surface area (Å²) in [4.78, 5) is 35.6. The predicted molar refractivity (Wildman–Crippen MR) is 100 cm³/mol. The molecule has 2 amide bonds. The predicted octanol–water partition coefficient (Wildman–Crippen LogP) is 0.998. The number of carbonyl (C=O) groups is 3. The number of amides is 2. The molecule has 8 nitrogen and oxygen atoms in total. The minimum atomic E-state index is -3.48. The van der Waals surface area contributed by atoms with Gasteiger partial charge < -0.3 is 15.7 Å². The number of carboxylic acids is 1. The molecule has 1 aromatic rings. The van der Waals surface area contributed by atoms with Crippen LogP contribution in [-0.4, -0.2) is 50.2 Å². The first kappa shape index (κ1) is 22.6. The van der Waals surface area contributed by atoms with Crippen LogP contribution in [0, 0.1) is 5.92 Å². The van der Waals surface area contributed by atoms with Crippen molar-refractivity contribution in [1.29, 1.82) is 0 Å². The summed E-state index contributed by atoms with van der Waals surface area (Å²) in [5.74, 6) is -2.29. The first-order valence-corrected chi connectivity index (χ1v) is 10.5. The van der Waals surface area contributed by atoms with E-state index in [0.29, 0.717) is 12.0 Å². The third-order valence-electron chi connectivity index (χ3n) is 3.88. The van der Waals surface area contributed by atoms with Crippen molar-refractivity contribution >= 4 is 27.6 Å². The monoisotopic (exact) mass is 398 g/mol. The van der Waals surface area contributed by atoms with Crippen LogP contribution in [0.3, 0.4) is 0 Å². The lowest BCUT2D eigenvalue weighted by atomic mass is 10.0. The highest BCUT2D eigenvalue weighted by atomic mass is 32.2. The van der Waals surface area contributed by atoms with Gasteiger partial charge >= 0.3 is 5.97 Å². The Morgan fingerprint density at radius 1 is 1.19 bits per heavy atom. The first-order valence-electron chi connectivity index (χ1n) is 8.59. The summed E-state index contributed by atoms with van der Waals surface area (Å²) in [6, 6.07) is 3.24. The van der Waals surface area contributed by atoms with E-state index in [2.05, 4.69) is 10.6 Å². The largest absolute Gasteiger partial charge is 0.480 e. The van der Waals surface area contributed by atoms with E-state index in [-0.39, 0.29) is 22.8 Å². The summed E-state index contributed by atoms with van der Waals surface area (Å²) in [6.45, 7) is 5.09. The van der Waals surface area contributed by atoms with Crippen LogP contribution in [0.25, 0.3) is 0 Å². The average Bonchev–Trinajstić information content (AvgIpc) is 2.57. The van der Waals surface area contributed by atoms with Crippen LogP contribution in [0.2, 0.25) is 0 Å². The smallest absolute Gasteiger partial charge is 0.326 e. The van der Waals surface area contributed by atoms with Crippen LogP contribution in [0.15, 0.2) is 23.1 Å². The summed E-state index contributed by atoms with van der Waals surface area (Å²) in [6.07, 6.45) is 1.82. The molecule has 0 aliphatic carbocycles. The van der Waals surface area contributed by atoms with Gasteiger partial charge in [-0.05, 0) is 36.5 Å². The minimum Gasteiger partial charge on any atom is -0.480 e. The Balaban J connectivity index is 2.84. The number of sulfone groups is 1. The summed E-state index contributed by atoms with van der Waals surface area (Å²) < 4.78 is 23.4. The maximum atomic E-state index is 12.4. The van der Waals surface area contributed by atoms with Crippen molar-refractivity contribution in [2.45, 2.75) is 44.6 Å². The molecule has 0 aliphatic heterocycles. The highest BCUT2D eigenvalue weighted by molar-refractivity contribution is 7.90. The van der Waals surface area contributed by atoms with E-state index in [4.69, 9.17) is 5.11 Å². The zero-order valence-electron chi connectivity index (χ0n) is 15.9. The molecule has 1 aromatic carbocycles. The number of aliphatic carboxylic acids is 1. The SMILES string of the molecule is CCc1ccc(S(C)(=O)=O)cc1C(=O)NCC(=O)N[C@@H](CC(C)C)C(=O)O. The zero-order valence-corrected chi connectivity index (χ0v) is 16.7. The van der Waals surface area contributed by atoms with Gasteiger partial charge in [-0.2, -0.15) is 0 Å². The first-order chi connectivity index (χ1) is 12.5. The average molecular weight is 398 g/mol. The lowest BCUT2D eigenvalue weighted by molar-refractivity contribution is -0.142. The molecule has 9 heteroatoms. The van der Waals surface area contributed by atoms with Gasteiger partial charge in [-0.25, -0.2) is 13.2 Å². The van der Waals surface area contributed by atoms with Crippen LogP contribution in [0.4, 0.5) is 0 Å². The molecule has 0 heterocycles. The van der Waals surface area contributed by atoms with Crippen LogP contribution in [-0.2, 0) is 25.8 Å². The molecule has 0 bridgehead atoms. The highest BCUT2D eigenvalue weighted by Crippen LogP contribution is 2.17. The van der Waals surface area contributed by atoms with Crippen molar-refractivity contribution in [1.82, 2.24) is 10.6 Å². The normalized spacial score (nSPS) is 12.5. The highest BCUT2D eigenvalue weighted by Gasteiger charge is 2.22. The molecular formula is C18H26N2O6S. The third-order valence-corrected chi connectivity index (χ3v) is 5.00. The maximum absolute atomic E-state index is 12.4. The quantitative estimate of drug-likeness (QED) is 0.569. The summed E-state index contributed by atoms with van der Waals surface area (Å²) in [7, 11) is -3.48. The second-order valence-corrected chi connectivity index (χ2v) is 8.73. The topological polar surface area (TPSA) is 130 Å². The molecule has 0 unspecified atom stereocenters. The van der Waals surface area contributed by atoms with Gasteiger partial charge in [0.25, 0.3) is 5.91 Å². The molecule has 1 atom stereocenters. The van der Waals surface area contributed by atoms with Crippen LogP contribution >= 0.6 is 0 Å². The molecule has 3 N–H and O–H groups in total. The number of rotatable bonds is 9. The molecule has 0 saturated carbocycles. The van der Waals surface area contributed by atoms with Crippen molar-refractivity contribution in [3.63, 3.8) is 0 Å². The van der Waals surface area contributed by atoms with Crippen molar-refractivity contribution in [3.8, 4) is 0 Å². The van der Waals surface area contributed by atoms with Crippen LogP contribution in [0.5, 0.6) is 0 Å². The van der Waals surface area contributed by atoms with Gasteiger partial charge in [0.15, 0.2) is 9.84 Å². The van der Waals surface area contributed by atoms with E-state index in [1.54, 1.807) is 6.07 Å². The molecule has 0 spiro atoms. The number of hydrogen-bond acceptors (Lipinski definition) is 5. The second-order valence-electron chi connectivity index (χ2n) is 6.72. The third kappa shape index (κ3) is 7.01. The van der Waals surface area contributed by atoms with Gasteiger partial charge in [-0.3, -0.25) is 9.59 Å². The summed E-state index contributed by atoms with van der Waals surface area (Å²) in [5.41, 5.74) is 0.814. The Bertz CT molecular complexity index is 817. The van der Waals surface area contributed by atoms with Crippen molar-refractivity contribution in [2.75, 3.05) is 12.8 Å². The molecule has 0 aliphatic rings. The molecular weight excluding hydrogens is 372 g/mol.